The van der Waals surface area contributed by atoms with Gasteiger partial charge in [-0.1, -0.05) is 12.1 Å². The lowest BCUT2D eigenvalue weighted by molar-refractivity contribution is -0.130. The van der Waals surface area contributed by atoms with Crippen LogP contribution in [0, 0.1) is 5.82 Å². The number of fused-ring (bicyclic) bond motifs is 1. The molecule has 0 saturated carbocycles. The molecule has 0 spiro atoms. The van der Waals surface area contributed by atoms with Crippen LogP contribution >= 0.6 is 0 Å². The topological polar surface area (TPSA) is 49.6 Å². The van der Waals surface area contributed by atoms with Crippen LogP contribution in [0.15, 0.2) is 18.2 Å². The standard InChI is InChI=1S/C15H20FN3O/c16-14-3-1-11(7-12(14)8-17)9-18-5-6-19-13(10-18)2-4-15(19)20/h1,3,7,13H,2,4-6,8-10,17H2. The molecule has 1 atom stereocenters. The van der Waals surface area contributed by atoms with E-state index in [2.05, 4.69) is 4.90 Å². The van der Waals surface area contributed by atoms with Gasteiger partial charge in [-0.25, -0.2) is 4.39 Å². The van der Waals surface area contributed by atoms with Crippen LogP contribution in [0.4, 0.5) is 4.39 Å². The summed E-state index contributed by atoms with van der Waals surface area (Å²) in [4.78, 5) is 16.0. The zero-order valence-corrected chi connectivity index (χ0v) is 11.5. The summed E-state index contributed by atoms with van der Waals surface area (Å²) in [6.45, 7) is 3.64. The van der Waals surface area contributed by atoms with Crippen LogP contribution in [-0.2, 0) is 17.9 Å². The fourth-order valence-corrected chi connectivity index (χ4v) is 3.21. The lowest BCUT2D eigenvalue weighted by Gasteiger charge is -2.37. The number of nitrogens with two attached hydrogens (primary N) is 1. The van der Waals surface area contributed by atoms with Crippen LogP contribution in [0.5, 0.6) is 0 Å². The molecule has 0 radical (unpaired) electrons. The van der Waals surface area contributed by atoms with Gasteiger partial charge in [-0.15, -0.1) is 0 Å². The first-order chi connectivity index (χ1) is 9.67. The molecule has 2 heterocycles. The van der Waals surface area contributed by atoms with Crippen molar-refractivity contribution in [1.82, 2.24) is 9.80 Å². The van der Waals surface area contributed by atoms with Crippen LogP contribution in [0.1, 0.15) is 24.0 Å². The van der Waals surface area contributed by atoms with E-state index in [9.17, 15) is 9.18 Å². The molecule has 2 fully saturated rings. The number of amides is 1. The molecule has 1 unspecified atom stereocenters. The molecule has 4 nitrogen and oxygen atoms in total. The second-order valence-corrected chi connectivity index (χ2v) is 5.64. The van der Waals surface area contributed by atoms with E-state index in [1.54, 1.807) is 0 Å². The van der Waals surface area contributed by atoms with E-state index in [0.717, 1.165) is 38.2 Å². The van der Waals surface area contributed by atoms with Crippen molar-refractivity contribution in [2.75, 3.05) is 19.6 Å². The normalized spacial score (nSPS) is 23.2. The smallest absolute Gasteiger partial charge is 0.222 e. The number of carbonyl (C=O) groups is 1. The van der Waals surface area contributed by atoms with Crippen molar-refractivity contribution in [3.05, 3.63) is 35.1 Å². The average molecular weight is 277 g/mol. The SMILES string of the molecule is NCc1cc(CN2CCN3C(=O)CCC3C2)ccc1F. The molecule has 0 bridgehead atoms. The van der Waals surface area contributed by atoms with Gasteiger partial charge in [0, 0.05) is 50.7 Å². The fourth-order valence-electron chi connectivity index (χ4n) is 3.21. The highest BCUT2D eigenvalue weighted by molar-refractivity contribution is 5.78. The van der Waals surface area contributed by atoms with Crippen LogP contribution in [0.3, 0.4) is 0 Å². The van der Waals surface area contributed by atoms with Crippen molar-refractivity contribution in [2.24, 2.45) is 5.73 Å². The van der Waals surface area contributed by atoms with Gasteiger partial charge < -0.3 is 10.6 Å². The van der Waals surface area contributed by atoms with Crippen molar-refractivity contribution >= 4 is 5.91 Å². The monoisotopic (exact) mass is 277 g/mol. The third-order valence-electron chi connectivity index (χ3n) is 4.31. The number of halogens is 1. The summed E-state index contributed by atoms with van der Waals surface area (Å²) in [6.07, 6.45) is 1.65. The molecule has 2 aliphatic heterocycles. The molecular formula is C15H20FN3O. The predicted octanol–water partition coefficient (Wildman–Crippen LogP) is 1.09. The van der Waals surface area contributed by atoms with Crippen molar-refractivity contribution < 1.29 is 9.18 Å². The predicted molar refractivity (Wildman–Crippen MR) is 74.3 cm³/mol. The Morgan fingerprint density at radius 3 is 3.00 bits per heavy atom. The third-order valence-corrected chi connectivity index (χ3v) is 4.31. The first-order valence-electron chi connectivity index (χ1n) is 7.16. The van der Waals surface area contributed by atoms with Gasteiger partial charge in [0.25, 0.3) is 0 Å². The number of hydrogen-bond acceptors (Lipinski definition) is 3. The highest BCUT2D eigenvalue weighted by atomic mass is 19.1. The summed E-state index contributed by atoms with van der Waals surface area (Å²) in [6, 6.07) is 5.53. The molecule has 108 valence electrons. The zero-order valence-electron chi connectivity index (χ0n) is 11.5. The molecule has 2 saturated heterocycles. The molecule has 2 N–H and O–H groups in total. The van der Waals surface area contributed by atoms with E-state index in [0.29, 0.717) is 23.9 Å². The lowest BCUT2D eigenvalue weighted by Crippen LogP contribution is -2.50. The van der Waals surface area contributed by atoms with E-state index < -0.39 is 0 Å². The number of piperazine rings is 1. The first-order valence-corrected chi connectivity index (χ1v) is 7.16. The van der Waals surface area contributed by atoms with E-state index in [-0.39, 0.29) is 12.4 Å². The second kappa shape index (κ2) is 5.50. The third kappa shape index (κ3) is 2.55. The van der Waals surface area contributed by atoms with E-state index in [4.69, 9.17) is 5.73 Å². The summed E-state index contributed by atoms with van der Waals surface area (Å²) >= 11 is 0. The number of benzene rings is 1. The number of nitrogens with zero attached hydrogens (tertiary/aromatic N) is 2. The summed E-state index contributed by atoms with van der Waals surface area (Å²) < 4.78 is 13.4. The van der Waals surface area contributed by atoms with Crippen LogP contribution in [0.2, 0.25) is 0 Å². The van der Waals surface area contributed by atoms with Gasteiger partial charge in [0.15, 0.2) is 0 Å². The molecule has 1 amide bonds. The Kier molecular flexibility index (Phi) is 3.72. The van der Waals surface area contributed by atoms with Crippen molar-refractivity contribution in [3.63, 3.8) is 0 Å². The van der Waals surface area contributed by atoms with Crippen LogP contribution in [0.25, 0.3) is 0 Å². The maximum Gasteiger partial charge on any atom is 0.222 e. The molecule has 20 heavy (non-hydrogen) atoms. The van der Waals surface area contributed by atoms with Gasteiger partial charge in [-0.2, -0.15) is 0 Å². The minimum atomic E-state index is -0.234. The van der Waals surface area contributed by atoms with E-state index >= 15 is 0 Å². The summed E-state index contributed by atoms with van der Waals surface area (Å²) in [5.74, 6) is 0.0595. The minimum absolute atomic E-state index is 0.227. The Morgan fingerprint density at radius 2 is 2.20 bits per heavy atom. The largest absolute Gasteiger partial charge is 0.337 e. The van der Waals surface area contributed by atoms with Gasteiger partial charge in [-0.05, 0) is 18.1 Å². The van der Waals surface area contributed by atoms with E-state index in [1.807, 2.05) is 17.0 Å². The number of hydrogen-bond donors (Lipinski definition) is 1. The molecule has 3 rings (SSSR count). The second-order valence-electron chi connectivity index (χ2n) is 5.64. The maximum absolute atomic E-state index is 13.4. The first kappa shape index (κ1) is 13.5. The Morgan fingerprint density at radius 1 is 1.35 bits per heavy atom. The lowest BCUT2D eigenvalue weighted by atomic mass is 10.1. The van der Waals surface area contributed by atoms with Crippen molar-refractivity contribution in [1.29, 1.82) is 0 Å². The van der Waals surface area contributed by atoms with Gasteiger partial charge in [0.05, 0.1) is 0 Å². The minimum Gasteiger partial charge on any atom is -0.337 e. The molecular weight excluding hydrogens is 257 g/mol. The van der Waals surface area contributed by atoms with Gasteiger partial charge >= 0.3 is 0 Å². The average Bonchev–Trinajstić information content (AvgIpc) is 2.82. The molecule has 0 aromatic heterocycles. The molecule has 2 aliphatic rings. The Hall–Kier alpha value is -1.46. The Bertz CT molecular complexity index is 520. The van der Waals surface area contributed by atoms with Gasteiger partial charge in [0.1, 0.15) is 5.82 Å². The van der Waals surface area contributed by atoms with Gasteiger partial charge in [-0.3, -0.25) is 9.69 Å². The van der Waals surface area contributed by atoms with Crippen molar-refractivity contribution in [3.8, 4) is 0 Å². The maximum atomic E-state index is 13.4. The quantitative estimate of drug-likeness (QED) is 0.900. The Balaban J connectivity index is 1.65. The molecule has 1 aromatic carbocycles. The fraction of sp³-hybridized carbons (Fsp3) is 0.533. The number of rotatable bonds is 3. The Labute approximate surface area is 118 Å². The molecule has 1 aromatic rings. The molecule has 5 heteroatoms. The summed E-state index contributed by atoms with van der Waals surface area (Å²) in [5.41, 5.74) is 7.19. The van der Waals surface area contributed by atoms with Crippen LogP contribution < -0.4 is 5.73 Å². The van der Waals surface area contributed by atoms with E-state index in [1.165, 1.54) is 6.07 Å². The van der Waals surface area contributed by atoms with Crippen LogP contribution in [-0.4, -0.2) is 41.4 Å². The highest BCUT2D eigenvalue weighted by Gasteiger charge is 2.35. The summed E-state index contributed by atoms with van der Waals surface area (Å²) in [5, 5.41) is 0. The zero-order chi connectivity index (χ0) is 14.1. The van der Waals surface area contributed by atoms with Crippen molar-refractivity contribution in [2.45, 2.75) is 32.0 Å². The number of carbonyl (C=O) groups excluding carboxylic acids is 1. The van der Waals surface area contributed by atoms with Gasteiger partial charge in [0.2, 0.25) is 5.91 Å². The highest BCUT2D eigenvalue weighted by Crippen LogP contribution is 2.24. The summed E-state index contributed by atoms with van der Waals surface area (Å²) in [7, 11) is 0. The molecule has 0 aliphatic carbocycles.